The molecule has 2 aromatic carbocycles. The van der Waals surface area contributed by atoms with E-state index in [1.807, 2.05) is 12.1 Å². The predicted octanol–water partition coefficient (Wildman–Crippen LogP) is 4.88. The van der Waals surface area contributed by atoms with Crippen molar-refractivity contribution in [3.63, 3.8) is 0 Å². The molecule has 1 aliphatic heterocycles. The van der Waals surface area contributed by atoms with Gasteiger partial charge in [0.15, 0.2) is 5.76 Å². The summed E-state index contributed by atoms with van der Waals surface area (Å²) in [5, 5.41) is 0.519. The number of halogens is 1. The molecule has 1 aliphatic rings. The summed E-state index contributed by atoms with van der Waals surface area (Å²) >= 11 is 6.16. The third-order valence-electron chi connectivity index (χ3n) is 4.24. The second-order valence-corrected chi connectivity index (χ2v) is 6.61. The van der Waals surface area contributed by atoms with Crippen molar-refractivity contribution in [3.8, 4) is 11.5 Å². The van der Waals surface area contributed by atoms with Gasteiger partial charge in [-0.25, -0.2) is 4.79 Å². The monoisotopic (exact) mass is 391 g/mol. The average molecular weight is 392 g/mol. The van der Waals surface area contributed by atoms with Gasteiger partial charge in [0.1, 0.15) is 11.5 Å². The number of Topliss-reactive ketones (excluding diaryl/α,β-unsaturated/α-hetero) is 1. The molecule has 0 saturated heterocycles. The molecule has 6 heteroatoms. The van der Waals surface area contributed by atoms with Crippen LogP contribution in [0.5, 0.6) is 11.5 Å². The normalized spacial score (nSPS) is 13.9. The van der Waals surface area contributed by atoms with Crippen molar-refractivity contribution in [2.45, 2.75) is 6.92 Å². The minimum absolute atomic E-state index is 0.168. The molecule has 1 aromatic heterocycles. The standard InChI is InChI=1S/C22H14ClNO4/c1-13-9-16(27-22(26)15-6-4-8-24-12-15)11-18-20(13)21(25)19(28-18)10-14-5-2-3-7-17(14)23/h2-12H,1H3/b19-10-. The fraction of sp³-hybridized carbons (Fsp3) is 0.0455. The Kier molecular flexibility index (Phi) is 4.67. The number of hydrogen-bond donors (Lipinski definition) is 0. The van der Waals surface area contributed by atoms with E-state index in [0.717, 1.165) is 0 Å². The summed E-state index contributed by atoms with van der Waals surface area (Å²) in [6, 6.07) is 13.6. The number of nitrogens with zero attached hydrogens (tertiary/aromatic N) is 1. The zero-order chi connectivity index (χ0) is 19.7. The maximum atomic E-state index is 12.7. The summed E-state index contributed by atoms with van der Waals surface area (Å²) in [6.45, 7) is 1.76. The maximum Gasteiger partial charge on any atom is 0.345 e. The third-order valence-corrected chi connectivity index (χ3v) is 4.59. The van der Waals surface area contributed by atoms with Crippen LogP contribution in [0.25, 0.3) is 6.08 Å². The second kappa shape index (κ2) is 7.29. The van der Waals surface area contributed by atoms with Crippen LogP contribution in [0.15, 0.2) is 66.7 Å². The van der Waals surface area contributed by atoms with Crippen molar-refractivity contribution in [2.24, 2.45) is 0 Å². The molecule has 3 aromatic rings. The smallest absolute Gasteiger partial charge is 0.345 e. The summed E-state index contributed by atoms with van der Waals surface area (Å²) in [7, 11) is 0. The van der Waals surface area contributed by atoms with Gasteiger partial charge >= 0.3 is 5.97 Å². The number of fused-ring (bicyclic) bond motifs is 1. The van der Waals surface area contributed by atoms with E-state index in [1.54, 1.807) is 49.5 Å². The number of rotatable bonds is 3. The van der Waals surface area contributed by atoms with Gasteiger partial charge in [-0.2, -0.15) is 0 Å². The van der Waals surface area contributed by atoms with E-state index < -0.39 is 5.97 Å². The first-order valence-corrected chi connectivity index (χ1v) is 8.86. The Bertz CT molecular complexity index is 1120. The highest BCUT2D eigenvalue weighted by Crippen LogP contribution is 2.38. The van der Waals surface area contributed by atoms with Crippen LogP contribution in [0.2, 0.25) is 5.02 Å². The fourth-order valence-corrected chi connectivity index (χ4v) is 3.11. The molecule has 0 fully saturated rings. The van der Waals surface area contributed by atoms with Crippen molar-refractivity contribution in [2.75, 3.05) is 0 Å². The van der Waals surface area contributed by atoms with E-state index in [4.69, 9.17) is 21.1 Å². The van der Waals surface area contributed by atoms with Crippen LogP contribution in [0, 0.1) is 6.92 Å². The van der Waals surface area contributed by atoms with E-state index in [2.05, 4.69) is 4.98 Å². The largest absolute Gasteiger partial charge is 0.452 e. The summed E-state index contributed by atoms with van der Waals surface area (Å²) in [5.41, 5.74) is 2.11. The summed E-state index contributed by atoms with van der Waals surface area (Å²) < 4.78 is 11.1. The Labute approximate surface area is 166 Å². The number of pyridine rings is 1. The number of ketones is 1. The van der Waals surface area contributed by atoms with Gasteiger partial charge in [0.25, 0.3) is 0 Å². The zero-order valence-corrected chi connectivity index (χ0v) is 15.6. The topological polar surface area (TPSA) is 65.5 Å². The molecule has 138 valence electrons. The van der Waals surface area contributed by atoms with Crippen LogP contribution in [-0.4, -0.2) is 16.7 Å². The number of aryl methyl sites for hydroxylation is 1. The molecule has 0 amide bonds. The van der Waals surface area contributed by atoms with Crippen LogP contribution in [0.1, 0.15) is 31.8 Å². The Morgan fingerprint density at radius 2 is 2.00 bits per heavy atom. The zero-order valence-electron chi connectivity index (χ0n) is 14.8. The van der Waals surface area contributed by atoms with Crippen molar-refractivity contribution in [1.82, 2.24) is 4.98 Å². The fourth-order valence-electron chi connectivity index (χ4n) is 2.92. The minimum Gasteiger partial charge on any atom is -0.452 e. The van der Waals surface area contributed by atoms with E-state index in [9.17, 15) is 9.59 Å². The Morgan fingerprint density at radius 3 is 2.75 bits per heavy atom. The highest BCUT2D eigenvalue weighted by atomic mass is 35.5. The number of aromatic nitrogens is 1. The van der Waals surface area contributed by atoms with Gasteiger partial charge in [-0.15, -0.1) is 0 Å². The highest BCUT2D eigenvalue weighted by molar-refractivity contribution is 6.32. The first-order valence-electron chi connectivity index (χ1n) is 8.48. The summed E-state index contributed by atoms with van der Waals surface area (Å²) in [5.74, 6) is 0.0253. The second-order valence-electron chi connectivity index (χ2n) is 6.21. The van der Waals surface area contributed by atoms with Crippen LogP contribution < -0.4 is 9.47 Å². The lowest BCUT2D eigenvalue weighted by Gasteiger charge is -2.07. The van der Waals surface area contributed by atoms with Crippen LogP contribution >= 0.6 is 11.6 Å². The Morgan fingerprint density at radius 1 is 1.18 bits per heavy atom. The van der Waals surface area contributed by atoms with Gasteiger partial charge in [0, 0.05) is 23.5 Å². The van der Waals surface area contributed by atoms with E-state index >= 15 is 0 Å². The summed E-state index contributed by atoms with van der Waals surface area (Å²) in [4.78, 5) is 28.9. The van der Waals surface area contributed by atoms with E-state index in [0.29, 0.717) is 33.0 Å². The van der Waals surface area contributed by atoms with Gasteiger partial charge in [-0.05, 0) is 48.4 Å². The molecule has 0 bridgehead atoms. The van der Waals surface area contributed by atoms with Gasteiger partial charge in [-0.1, -0.05) is 29.8 Å². The lowest BCUT2D eigenvalue weighted by molar-refractivity contribution is 0.0734. The van der Waals surface area contributed by atoms with Gasteiger partial charge in [-0.3, -0.25) is 9.78 Å². The van der Waals surface area contributed by atoms with Gasteiger partial charge in [0.05, 0.1) is 11.1 Å². The number of hydrogen-bond acceptors (Lipinski definition) is 5. The molecular formula is C22H14ClNO4. The quantitative estimate of drug-likeness (QED) is 0.361. The van der Waals surface area contributed by atoms with Crippen molar-refractivity contribution >= 4 is 29.4 Å². The first kappa shape index (κ1) is 17.9. The Balaban J connectivity index is 1.63. The SMILES string of the molecule is Cc1cc(OC(=O)c2cccnc2)cc2c1C(=O)/C(=C/c1ccccc1Cl)O2. The summed E-state index contributed by atoms with van der Waals surface area (Å²) in [6.07, 6.45) is 4.60. The predicted molar refractivity (Wildman–Crippen MR) is 105 cm³/mol. The molecule has 2 heterocycles. The first-order chi connectivity index (χ1) is 13.5. The number of benzene rings is 2. The molecule has 0 unspecified atom stereocenters. The highest BCUT2D eigenvalue weighted by Gasteiger charge is 2.30. The van der Waals surface area contributed by atoms with Crippen LogP contribution in [0.4, 0.5) is 0 Å². The molecule has 0 N–H and O–H groups in total. The number of carbonyl (C=O) groups excluding carboxylic acids is 2. The van der Waals surface area contributed by atoms with E-state index in [1.165, 1.54) is 12.3 Å². The third kappa shape index (κ3) is 3.40. The molecule has 4 rings (SSSR count). The van der Waals surface area contributed by atoms with Gasteiger partial charge in [0.2, 0.25) is 5.78 Å². The van der Waals surface area contributed by atoms with Crippen molar-refractivity contribution in [1.29, 1.82) is 0 Å². The molecule has 0 aliphatic carbocycles. The van der Waals surface area contributed by atoms with Crippen molar-refractivity contribution in [3.05, 3.63) is 94.0 Å². The van der Waals surface area contributed by atoms with Crippen molar-refractivity contribution < 1.29 is 19.1 Å². The maximum absolute atomic E-state index is 12.7. The molecule has 0 radical (unpaired) electrons. The lowest BCUT2D eigenvalue weighted by Crippen LogP contribution is -2.09. The number of allylic oxidation sites excluding steroid dienone is 1. The number of carbonyl (C=O) groups is 2. The van der Waals surface area contributed by atoms with E-state index in [-0.39, 0.29) is 17.3 Å². The van der Waals surface area contributed by atoms with Gasteiger partial charge < -0.3 is 9.47 Å². The lowest BCUT2D eigenvalue weighted by atomic mass is 10.0. The molecular weight excluding hydrogens is 378 g/mol. The number of ether oxygens (including phenoxy) is 2. The molecule has 5 nitrogen and oxygen atoms in total. The van der Waals surface area contributed by atoms with Crippen LogP contribution in [-0.2, 0) is 0 Å². The van der Waals surface area contributed by atoms with Crippen LogP contribution in [0.3, 0.4) is 0 Å². The molecule has 0 spiro atoms. The Hall–Kier alpha value is -3.44. The molecule has 0 saturated carbocycles. The number of esters is 1. The average Bonchev–Trinajstić information content (AvgIpc) is 3.00. The molecule has 0 atom stereocenters. The minimum atomic E-state index is -0.538. The molecule has 28 heavy (non-hydrogen) atoms.